The van der Waals surface area contributed by atoms with Crippen LogP contribution < -0.4 is 28.4 Å². The number of fused-ring (bicyclic) bond motifs is 4. The largest absolute Gasteiger partial charge is 0.493 e. The van der Waals surface area contributed by atoms with Crippen molar-refractivity contribution in [2.75, 3.05) is 73.4 Å². The molecule has 0 radical (unpaired) electrons. The molecular weight excluding hydrogens is 1000 g/mol. The maximum absolute atomic E-state index is 17.0. The zero-order chi connectivity index (χ0) is 53.7. The first-order valence-corrected chi connectivity index (χ1v) is 26.8. The predicted octanol–water partition coefficient (Wildman–Crippen LogP) is 10.8. The number of likely N-dealkylation sites (tertiary alicyclic amines) is 2. The maximum atomic E-state index is 17.0. The van der Waals surface area contributed by atoms with Crippen LogP contribution >= 0.6 is 0 Å². The number of pyridine rings is 1. The predicted molar refractivity (Wildman–Crippen MR) is 287 cm³/mol. The van der Waals surface area contributed by atoms with E-state index < -0.39 is 17.9 Å². The molecular formula is C59H63F2N7O10. The third kappa shape index (κ3) is 9.64. The van der Waals surface area contributed by atoms with Crippen molar-refractivity contribution in [3.05, 3.63) is 102 Å². The molecule has 19 heteroatoms. The molecule has 3 N–H and O–H groups in total. The van der Waals surface area contributed by atoms with Gasteiger partial charge in [-0.1, -0.05) is 0 Å². The average Bonchev–Trinajstić information content (AvgIpc) is 4.14. The van der Waals surface area contributed by atoms with Gasteiger partial charge >= 0.3 is 0 Å². The highest BCUT2D eigenvalue weighted by Gasteiger charge is 2.52. The molecule has 8 aromatic rings. The van der Waals surface area contributed by atoms with Gasteiger partial charge in [-0.25, -0.2) is 18.7 Å². The molecule has 12 rings (SSSR count). The third-order valence-corrected chi connectivity index (χ3v) is 16.5. The molecule has 78 heavy (non-hydrogen) atoms. The Labute approximate surface area is 449 Å². The van der Waals surface area contributed by atoms with Crippen LogP contribution in [0.2, 0.25) is 0 Å². The topological polar surface area (TPSA) is 188 Å². The van der Waals surface area contributed by atoms with Crippen LogP contribution in [0, 0.1) is 36.3 Å². The molecule has 408 valence electrons. The molecule has 4 aromatic heterocycles. The van der Waals surface area contributed by atoms with Gasteiger partial charge in [-0.2, -0.15) is 0 Å². The number of piperidine rings is 2. The van der Waals surface area contributed by atoms with E-state index in [1.807, 2.05) is 24.8 Å². The van der Waals surface area contributed by atoms with Crippen LogP contribution in [0.25, 0.3) is 43.6 Å². The van der Waals surface area contributed by atoms with Crippen LogP contribution in [0.15, 0.2) is 73.2 Å². The summed E-state index contributed by atoms with van der Waals surface area (Å²) >= 11 is 0. The van der Waals surface area contributed by atoms with Crippen LogP contribution in [0.5, 0.6) is 46.1 Å². The number of nitrogens with one attached hydrogen (secondary N) is 2. The van der Waals surface area contributed by atoms with Gasteiger partial charge in [0.2, 0.25) is 11.8 Å². The average molecular weight is 1070 g/mol. The molecule has 4 aromatic carbocycles. The van der Waals surface area contributed by atoms with Crippen molar-refractivity contribution in [1.82, 2.24) is 34.7 Å². The second-order valence-corrected chi connectivity index (χ2v) is 21.4. The standard InChI is InChI=1S/C59H63F2N7O10/c1-34-25-37-39(65-34)9-11-44(54(37)60)78-57-38-27-47(72-4)49(29-42(38)63-33-64-57)75-24-6-8-51(70)68-21-16-59(17-22-68)32-76-56(59)52-35(2)66-40-10-12-45(55(61)53(40)52)77-43-13-18-62-41-28-48(46(71-3)26-36(41)43)74-23-5-7-50(69)67-19-14-58(15-20-67)30-73-31-58/h9-13,18,25-29,33,51,56,65-66,70H,5-8,14-17,19-24,30-32H2,1-4H3. The number of ether oxygens (including phenoxy) is 8. The Morgan fingerprint density at radius 2 is 1.42 bits per heavy atom. The Morgan fingerprint density at radius 1 is 0.731 bits per heavy atom. The summed E-state index contributed by atoms with van der Waals surface area (Å²) in [4.78, 5) is 36.8. The molecule has 0 aliphatic carbocycles. The number of carbonyl (C=O) groups is 1. The van der Waals surface area contributed by atoms with Gasteiger partial charge in [-0.05, 0) is 107 Å². The molecule has 17 nitrogen and oxygen atoms in total. The molecule has 4 saturated heterocycles. The Balaban J connectivity index is 0.657. The zero-order valence-corrected chi connectivity index (χ0v) is 44.2. The monoisotopic (exact) mass is 1070 g/mol. The van der Waals surface area contributed by atoms with Crippen LogP contribution in [0.3, 0.4) is 0 Å². The molecule has 2 atom stereocenters. The minimum absolute atomic E-state index is 0.0373. The molecule has 0 bridgehead atoms. The fourth-order valence-corrected chi connectivity index (χ4v) is 11.8. The van der Waals surface area contributed by atoms with Gasteiger partial charge in [0.25, 0.3) is 0 Å². The fraction of sp³-hybridized carbons (Fsp3) is 0.424. The normalized spacial score (nSPS) is 18.3. The number of halogens is 2. The van der Waals surface area contributed by atoms with Gasteiger partial charge in [0.05, 0.1) is 69.8 Å². The zero-order valence-electron chi connectivity index (χ0n) is 44.2. The lowest BCUT2D eigenvalue weighted by Crippen LogP contribution is -2.54. The number of aromatic amines is 2. The summed E-state index contributed by atoms with van der Waals surface area (Å²) in [5.74, 6) is 1.67. The van der Waals surface area contributed by atoms with Crippen molar-refractivity contribution in [1.29, 1.82) is 0 Å². The SMILES string of the molecule is COc1cc2c(Oc3ccc4[nH]c(C)c(C5OCC56CCN(C(O)CCCOc5cc7ncnc(Oc8ccc9[nH]c(C)cc9c8F)c7cc5OC)CC6)c4c3F)ccnc2cc1OCCCC(=O)N1CCC2(CC1)COC2. The molecule has 2 unspecified atom stereocenters. The first-order valence-electron chi connectivity index (χ1n) is 26.8. The Bertz CT molecular complexity index is 3550. The highest BCUT2D eigenvalue weighted by Crippen LogP contribution is 2.56. The van der Waals surface area contributed by atoms with Crippen LogP contribution in [0.1, 0.15) is 74.4 Å². The maximum Gasteiger partial charge on any atom is 0.230 e. The number of nitrogens with zero attached hydrogens (tertiary/aromatic N) is 5. The number of amides is 1. The summed E-state index contributed by atoms with van der Waals surface area (Å²) in [6, 6.07) is 17.2. The minimum atomic E-state index is -0.690. The van der Waals surface area contributed by atoms with Gasteiger partial charge in [0.15, 0.2) is 46.1 Å². The summed E-state index contributed by atoms with van der Waals surface area (Å²) in [6.45, 7) is 9.43. The van der Waals surface area contributed by atoms with Crippen molar-refractivity contribution >= 4 is 49.5 Å². The molecule has 4 aliphatic rings. The Kier molecular flexibility index (Phi) is 13.9. The van der Waals surface area contributed by atoms with E-state index in [2.05, 4.69) is 29.8 Å². The Hall–Kier alpha value is -7.32. The van der Waals surface area contributed by atoms with Gasteiger partial charge in [-0.15, -0.1) is 0 Å². The van der Waals surface area contributed by atoms with Crippen LogP contribution in [-0.2, 0) is 14.3 Å². The molecule has 1 amide bonds. The number of hydrogen-bond acceptors (Lipinski definition) is 14. The third-order valence-electron chi connectivity index (χ3n) is 16.5. The number of carbonyl (C=O) groups excluding carboxylic acids is 1. The van der Waals surface area contributed by atoms with Crippen LogP contribution in [-0.4, -0.2) is 125 Å². The molecule has 0 saturated carbocycles. The summed E-state index contributed by atoms with van der Waals surface area (Å²) in [5.41, 5.74) is 4.91. The first kappa shape index (κ1) is 51.4. The molecule has 8 heterocycles. The van der Waals surface area contributed by atoms with Gasteiger partial charge in [0, 0.05) is 106 Å². The first-order chi connectivity index (χ1) is 37.9. The smallest absolute Gasteiger partial charge is 0.230 e. The van der Waals surface area contributed by atoms with E-state index in [-0.39, 0.29) is 40.2 Å². The second-order valence-electron chi connectivity index (χ2n) is 21.4. The van der Waals surface area contributed by atoms with E-state index in [0.717, 1.165) is 68.9 Å². The van der Waals surface area contributed by atoms with E-state index in [0.29, 0.717) is 131 Å². The summed E-state index contributed by atoms with van der Waals surface area (Å²) in [7, 11) is 3.09. The number of aryl methyl sites for hydroxylation is 2. The number of aromatic nitrogens is 5. The van der Waals surface area contributed by atoms with Crippen molar-refractivity contribution in [3.63, 3.8) is 0 Å². The molecule has 4 fully saturated rings. The van der Waals surface area contributed by atoms with E-state index >= 15 is 8.78 Å². The fourth-order valence-electron chi connectivity index (χ4n) is 11.8. The lowest BCUT2D eigenvalue weighted by Gasteiger charge is -2.54. The van der Waals surface area contributed by atoms with Gasteiger partial charge in [0.1, 0.15) is 18.3 Å². The highest BCUT2D eigenvalue weighted by atomic mass is 19.1. The lowest BCUT2D eigenvalue weighted by atomic mass is 9.68. The van der Waals surface area contributed by atoms with Crippen LogP contribution in [0.4, 0.5) is 8.78 Å². The summed E-state index contributed by atoms with van der Waals surface area (Å²) in [6.07, 6.45) is 7.42. The van der Waals surface area contributed by atoms with Crippen molar-refractivity contribution in [2.24, 2.45) is 10.8 Å². The lowest BCUT2D eigenvalue weighted by molar-refractivity contribution is -0.218. The van der Waals surface area contributed by atoms with Gasteiger partial charge < -0.3 is 57.9 Å². The van der Waals surface area contributed by atoms with Crippen molar-refractivity contribution < 1.29 is 56.6 Å². The number of rotatable bonds is 18. The molecule has 4 aliphatic heterocycles. The Morgan fingerprint density at radius 3 is 2.12 bits per heavy atom. The number of H-pyrrole nitrogens is 2. The quantitative estimate of drug-likeness (QED) is 0.0689. The minimum Gasteiger partial charge on any atom is -0.493 e. The van der Waals surface area contributed by atoms with E-state index in [4.69, 9.17) is 37.9 Å². The number of aliphatic hydroxyl groups is 1. The van der Waals surface area contributed by atoms with Crippen molar-refractivity contribution in [2.45, 2.75) is 77.5 Å². The van der Waals surface area contributed by atoms with Gasteiger partial charge in [-0.3, -0.25) is 14.7 Å². The van der Waals surface area contributed by atoms with E-state index in [9.17, 15) is 9.90 Å². The molecule has 2 spiro atoms. The van der Waals surface area contributed by atoms with Crippen molar-refractivity contribution in [3.8, 4) is 46.1 Å². The van der Waals surface area contributed by atoms with E-state index in [1.165, 1.54) is 13.4 Å². The van der Waals surface area contributed by atoms with E-state index in [1.54, 1.807) is 67.9 Å². The number of aliphatic hydroxyl groups excluding tert-OH is 1. The number of hydrogen-bond donors (Lipinski definition) is 3. The summed E-state index contributed by atoms with van der Waals surface area (Å²) in [5, 5.41) is 13.4. The second kappa shape index (κ2) is 21.1. The number of methoxy groups -OCH3 is 2. The summed E-state index contributed by atoms with van der Waals surface area (Å²) < 4.78 is 80.4. The highest BCUT2D eigenvalue weighted by molar-refractivity contribution is 5.91. The number of benzene rings is 4.